The lowest BCUT2D eigenvalue weighted by atomic mass is 10.8. The minimum Gasteiger partial charge on any atom is -0.394 e. The predicted molar refractivity (Wildman–Crippen MR) is 72.6 cm³/mol. The molecule has 0 atom stereocenters. The first-order valence-electron chi connectivity index (χ1n) is 5.69. The molecule has 0 radical (unpaired) electrons. The van der Waals surface area contributed by atoms with Crippen LogP contribution in [-0.2, 0) is 18.9 Å². The van der Waals surface area contributed by atoms with Crippen LogP contribution in [-0.4, -0.2) is 74.9 Å². The fourth-order valence-corrected chi connectivity index (χ4v) is 2.51. The second-order valence-corrected chi connectivity index (χ2v) is 5.66. The van der Waals surface area contributed by atoms with Gasteiger partial charge in [0.2, 0.25) is 0 Å². The van der Waals surface area contributed by atoms with Crippen LogP contribution in [0.1, 0.15) is 0 Å². The Morgan fingerprint density at radius 3 is 1.39 bits per heavy atom. The number of hydrogen-bond acceptors (Lipinski definition) is 8. The van der Waals surface area contributed by atoms with Gasteiger partial charge >= 0.3 is 0 Å². The first-order chi connectivity index (χ1) is 8.91. The highest BCUT2D eigenvalue weighted by Crippen LogP contribution is 2.20. The molecule has 0 aromatic carbocycles. The lowest BCUT2D eigenvalue weighted by Gasteiger charge is -2.05. The number of aliphatic hydroxyl groups excluding tert-OH is 2. The van der Waals surface area contributed by atoms with Gasteiger partial charge in [0.25, 0.3) is 0 Å². The van der Waals surface area contributed by atoms with E-state index in [1.807, 2.05) is 0 Å². The molecule has 0 aliphatic rings. The molecule has 0 spiro atoms. The van der Waals surface area contributed by atoms with Crippen molar-refractivity contribution >= 4 is 21.6 Å². The molecule has 0 aliphatic heterocycles. The summed E-state index contributed by atoms with van der Waals surface area (Å²) >= 11 is 0. The third kappa shape index (κ3) is 16.5. The molecule has 0 amide bonds. The van der Waals surface area contributed by atoms with E-state index in [0.717, 1.165) is 11.5 Å². The van der Waals surface area contributed by atoms with Gasteiger partial charge in [0.15, 0.2) is 0 Å². The van der Waals surface area contributed by atoms with Gasteiger partial charge in [0.05, 0.1) is 39.6 Å². The van der Waals surface area contributed by atoms with E-state index in [1.165, 1.54) is 0 Å². The van der Waals surface area contributed by atoms with E-state index in [-0.39, 0.29) is 26.8 Å². The molecule has 0 unspecified atom stereocenters. The smallest absolute Gasteiger partial charge is 0.146 e. The molecule has 0 bridgehead atoms. The zero-order valence-electron chi connectivity index (χ0n) is 10.4. The molecule has 6 nitrogen and oxygen atoms in total. The summed E-state index contributed by atoms with van der Waals surface area (Å²) in [6.45, 7) is 2.41. The summed E-state index contributed by atoms with van der Waals surface area (Å²) in [4.78, 5) is 0. The SMILES string of the molecule is OCCOCOCCSSCCOCOCCO. The Kier molecular flexibility index (Phi) is 17.9. The summed E-state index contributed by atoms with van der Waals surface area (Å²) in [5, 5.41) is 16.9. The normalized spacial score (nSPS) is 11.0. The minimum atomic E-state index is 0.0238. The van der Waals surface area contributed by atoms with Gasteiger partial charge in [-0.2, -0.15) is 0 Å². The highest BCUT2D eigenvalue weighted by molar-refractivity contribution is 8.76. The van der Waals surface area contributed by atoms with Gasteiger partial charge in [-0.15, -0.1) is 0 Å². The van der Waals surface area contributed by atoms with Crippen LogP contribution < -0.4 is 0 Å². The maximum absolute atomic E-state index is 8.44. The summed E-state index contributed by atoms with van der Waals surface area (Å²) < 4.78 is 20.2. The molecular weight excluding hydrogens is 280 g/mol. The zero-order chi connectivity index (χ0) is 13.3. The standard InChI is InChI=1S/C10H22O6S2/c11-1-3-13-9-15-5-7-17-18-8-6-16-10-14-4-2-12/h11-12H,1-10H2. The monoisotopic (exact) mass is 302 g/mol. The molecule has 0 rings (SSSR count). The van der Waals surface area contributed by atoms with Gasteiger partial charge in [-0.1, -0.05) is 21.6 Å². The van der Waals surface area contributed by atoms with Crippen molar-refractivity contribution in [2.75, 3.05) is 64.7 Å². The molecule has 0 saturated carbocycles. The average molecular weight is 302 g/mol. The van der Waals surface area contributed by atoms with Crippen molar-refractivity contribution in [3.8, 4) is 0 Å². The quantitative estimate of drug-likeness (QED) is 0.255. The molecule has 0 aromatic rings. The van der Waals surface area contributed by atoms with Crippen molar-refractivity contribution in [2.24, 2.45) is 0 Å². The van der Waals surface area contributed by atoms with E-state index in [0.29, 0.717) is 26.4 Å². The highest BCUT2D eigenvalue weighted by Gasteiger charge is 1.93. The van der Waals surface area contributed by atoms with Crippen LogP contribution in [0.5, 0.6) is 0 Å². The average Bonchev–Trinajstić information content (AvgIpc) is 2.39. The van der Waals surface area contributed by atoms with Crippen LogP contribution in [0.15, 0.2) is 0 Å². The third-order valence-electron chi connectivity index (χ3n) is 1.51. The lowest BCUT2D eigenvalue weighted by molar-refractivity contribution is -0.0574. The van der Waals surface area contributed by atoms with E-state index in [2.05, 4.69) is 0 Å². The van der Waals surface area contributed by atoms with E-state index in [4.69, 9.17) is 29.2 Å². The molecular formula is C10H22O6S2. The van der Waals surface area contributed by atoms with E-state index >= 15 is 0 Å². The lowest BCUT2D eigenvalue weighted by Crippen LogP contribution is -2.06. The van der Waals surface area contributed by atoms with E-state index in [9.17, 15) is 0 Å². The molecule has 0 fully saturated rings. The maximum atomic E-state index is 8.44. The summed E-state index contributed by atoms with van der Waals surface area (Å²) in [7, 11) is 3.42. The number of hydrogen-bond donors (Lipinski definition) is 2. The van der Waals surface area contributed by atoms with Gasteiger partial charge in [-0.25, -0.2) is 0 Å². The van der Waals surface area contributed by atoms with E-state index in [1.54, 1.807) is 21.6 Å². The fourth-order valence-electron chi connectivity index (χ4n) is 0.786. The Morgan fingerprint density at radius 1 is 0.611 bits per heavy atom. The number of rotatable bonds is 15. The molecule has 110 valence electrons. The highest BCUT2D eigenvalue weighted by atomic mass is 33.1. The first kappa shape index (κ1) is 18.5. The fraction of sp³-hybridized carbons (Fsp3) is 1.00. The van der Waals surface area contributed by atoms with Crippen LogP contribution >= 0.6 is 21.6 Å². The summed E-state index contributed by atoms with van der Waals surface area (Å²) in [5.41, 5.74) is 0. The summed E-state index contributed by atoms with van der Waals surface area (Å²) in [5.74, 6) is 1.77. The van der Waals surface area contributed by atoms with Gasteiger partial charge in [-0.05, 0) is 0 Å². The van der Waals surface area contributed by atoms with Gasteiger partial charge < -0.3 is 29.2 Å². The summed E-state index contributed by atoms with van der Waals surface area (Å²) in [6.07, 6.45) is 0. The molecule has 0 saturated heterocycles. The van der Waals surface area contributed by atoms with Crippen LogP contribution in [0, 0.1) is 0 Å². The first-order valence-corrected chi connectivity index (χ1v) is 8.17. The van der Waals surface area contributed by atoms with Crippen molar-refractivity contribution in [2.45, 2.75) is 0 Å². The largest absolute Gasteiger partial charge is 0.394 e. The molecule has 0 aromatic heterocycles. The Morgan fingerprint density at radius 2 is 1.00 bits per heavy atom. The summed E-state index contributed by atoms with van der Waals surface area (Å²) in [6, 6.07) is 0. The molecule has 0 heterocycles. The van der Waals surface area contributed by atoms with Crippen LogP contribution in [0.4, 0.5) is 0 Å². The van der Waals surface area contributed by atoms with E-state index < -0.39 is 0 Å². The third-order valence-corrected chi connectivity index (χ3v) is 3.84. The van der Waals surface area contributed by atoms with Crippen LogP contribution in [0.25, 0.3) is 0 Å². The Bertz CT molecular complexity index is 136. The maximum Gasteiger partial charge on any atom is 0.146 e. The second kappa shape index (κ2) is 17.5. The Hall–Kier alpha value is 0.460. The Labute approximate surface area is 116 Å². The second-order valence-electron chi connectivity index (χ2n) is 2.96. The van der Waals surface area contributed by atoms with Crippen molar-refractivity contribution in [1.29, 1.82) is 0 Å². The number of ether oxygens (including phenoxy) is 4. The van der Waals surface area contributed by atoms with Crippen molar-refractivity contribution in [1.82, 2.24) is 0 Å². The molecule has 2 N–H and O–H groups in total. The molecule has 18 heavy (non-hydrogen) atoms. The van der Waals surface area contributed by atoms with Crippen molar-refractivity contribution < 1.29 is 29.2 Å². The Balaban J connectivity index is 2.86. The molecule has 8 heteroatoms. The van der Waals surface area contributed by atoms with Crippen molar-refractivity contribution in [3.63, 3.8) is 0 Å². The van der Waals surface area contributed by atoms with Gasteiger partial charge in [0, 0.05) is 11.5 Å². The van der Waals surface area contributed by atoms with Gasteiger partial charge in [0.1, 0.15) is 13.6 Å². The minimum absolute atomic E-state index is 0.0238. The van der Waals surface area contributed by atoms with Crippen LogP contribution in [0.2, 0.25) is 0 Å². The van der Waals surface area contributed by atoms with Crippen molar-refractivity contribution in [3.05, 3.63) is 0 Å². The predicted octanol–water partition coefficient (Wildman–Crippen LogP) is 0.334. The number of aliphatic hydroxyl groups is 2. The topological polar surface area (TPSA) is 77.4 Å². The molecule has 0 aliphatic carbocycles. The zero-order valence-corrected chi connectivity index (χ0v) is 12.0. The van der Waals surface area contributed by atoms with Gasteiger partial charge in [-0.3, -0.25) is 0 Å². The van der Waals surface area contributed by atoms with Crippen LogP contribution in [0.3, 0.4) is 0 Å².